The molecule has 4 unspecified atom stereocenters. The van der Waals surface area contributed by atoms with Crippen molar-refractivity contribution in [1.29, 1.82) is 0 Å². The number of carboxylic acids is 1. The van der Waals surface area contributed by atoms with E-state index in [1.165, 1.54) is 23.9 Å². The Bertz CT molecular complexity index is 1110. The van der Waals surface area contributed by atoms with Crippen molar-refractivity contribution in [2.75, 3.05) is 12.0 Å². The number of carboxylic acid groups (broad SMARTS) is 1. The summed E-state index contributed by atoms with van der Waals surface area (Å²) in [5, 5.41) is 27.4. The highest BCUT2D eigenvalue weighted by atomic mass is 32.2. The summed E-state index contributed by atoms with van der Waals surface area (Å²) in [7, 11) is 0. The monoisotopic (exact) mass is 572 g/mol. The highest BCUT2D eigenvalue weighted by Crippen LogP contribution is 2.13. The Morgan fingerprint density at radius 3 is 1.90 bits per heavy atom. The predicted molar refractivity (Wildman–Crippen MR) is 156 cm³/mol. The summed E-state index contributed by atoms with van der Waals surface area (Å²) in [6, 6.07) is 10.9. The molecule has 0 radical (unpaired) electrons. The average Bonchev–Trinajstić information content (AvgIpc) is 2.91. The van der Waals surface area contributed by atoms with E-state index < -0.39 is 47.9 Å². The molecule has 7 N–H and O–H groups in total. The third-order valence-corrected chi connectivity index (χ3v) is 6.86. The van der Waals surface area contributed by atoms with Gasteiger partial charge in [-0.1, -0.05) is 56.3 Å². The third-order valence-electron chi connectivity index (χ3n) is 6.21. The lowest BCUT2D eigenvalue weighted by molar-refractivity contribution is -0.142. The highest BCUT2D eigenvalue weighted by molar-refractivity contribution is 7.98. The molecule has 0 heterocycles. The molecule has 0 saturated carbocycles. The van der Waals surface area contributed by atoms with E-state index >= 15 is 0 Å². The van der Waals surface area contributed by atoms with Gasteiger partial charge in [0.15, 0.2) is 0 Å². The fourth-order valence-corrected chi connectivity index (χ4v) is 4.54. The van der Waals surface area contributed by atoms with Crippen LogP contribution in [-0.2, 0) is 32.0 Å². The van der Waals surface area contributed by atoms with E-state index in [0.29, 0.717) is 24.2 Å². The molecule has 10 nitrogen and oxygen atoms in total. The minimum Gasteiger partial charge on any atom is -0.508 e. The molecule has 2 rings (SSSR count). The molecule has 2 aromatic rings. The van der Waals surface area contributed by atoms with Crippen LogP contribution < -0.4 is 21.7 Å². The number of nitrogens with two attached hydrogens (primary N) is 1. The summed E-state index contributed by atoms with van der Waals surface area (Å²) < 4.78 is 0. The minimum absolute atomic E-state index is 0.0333. The molecule has 40 heavy (non-hydrogen) atoms. The summed E-state index contributed by atoms with van der Waals surface area (Å²) in [4.78, 5) is 51.5. The zero-order valence-corrected chi connectivity index (χ0v) is 23.9. The van der Waals surface area contributed by atoms with Gasteiger partial charge in [0.05, 0.1) is 6.04 Å². The predicted octanol–water partition coefficient (Wildman–Crippen LogP) is 1.84. The molecule has 3 amide bonds. The standard InChI is InChI=1S/C29H40N4O6S/c1-18(2)15-22(30)26(35)31-23(13-14-40-3)27(36)32-24(16-20-9-11-21(34)12-10-20)28(37)33-25(29(38)39)17-19-7-5-4-6-8-19/h4-12,18,22-25,34H,13-17,30H2,1-3H3,(H,31,35)(H,32,36)(H,33,37)(H,38,39). The van der Waals surface area contributed by atoms with Crippen LogP contribution in [0.2, 0.25) is 0 Å². The normalized spacial score (nSPS) is 14.0. The van der Waals surface area contributed by atoms with Gasteiger partial charge in [-0.15, -0.1) is 0 Å². The Balaban J connectivity index is 2.25. The van der Waals surface area contributed by atoms with Gasteiger partial charge in [0.2, 0.25) is 17.7 Å². The van der Waals surface area contributed by atoms with Crippen molar-refractivity contribution >= 4 is 35.5 Å². The van der Waals surface area contributed by atoms with Gasteiger partial charge in [-0.05, 0) is 54.0 Å². The van der Waals surface area contributed by atoms with E-state index in [9.17, 15) is 29.4 Å². The molecular weight excluding hydrogens is 532 g/mol. The number of amides is 3. The first kappa shape index (κ1) is 32.6. The van der Waals surface area contributed by atoms with Gasteiger partial charge in [0, 0.05) is 12.8 Å². The number of carbonyl (C=O) groups is 4. The Morgan fingerprint density at radius 1 is 0.800 bits per heavy atom. The van der Waals surface area contributed by atoms with Gasteiger partial charge in [-0.3, -0.25) is 14.4 Å². The van der Waals surface area contributed by atoms with Crippen molar-refractivity contribution in [2.45, 2.75) is 63.7 Å². The summed E-state index contributed by atoms with van der Waals surface area (Å²) in [6.07, 6.45) is 2.73. The number of benzene rings is 2. The molecule has 0 aliphatic carbocycles. The average molecular weight is 573 g/mol. The number of phenols is 1. The fraction of sp³-hybridized carbons (Fsp3) is 0.448. The number of carbonyl (C=O) groups excluding carboxylic acids is 3. The maximum atomic E-state index is 13.4. The second-order valence-electron chi connectivity index (χ2n) is 10.1. The topological polar surface area (TPSA) is 171 Å². The minimum atomic E-state index is -1.23. The Kier molecular flexibility index (Phi) is 13.5. The lowest BCUT2D eigenvalue weighted by Crippen LogP contribution is -2.58. The van der Waals surface area contributed by atoms with Crippen LogP contribution >= 0.6 is 11.8 Å². The summed E-state index contributed by atoms with van der Waals surface area (Å²) >= 11 is 1.50. The summed E-state index contributed by atoms with van der Waals surface area (Å²) in [5.74, 6) is -2.12. The largest absolute Gasteiger partial charge is 0.508 e. The zero-order chi connectivity index (χ0) is 29.7. The molecule has 0 aliphatic rings. The number of phenolic OH excluding ortho intramolecular Hbond substituents is 1. The van der Waals surface area contributed by atoms with Gasteiger partial charge < -0.3 is 31.9 Å². The maximum Gasteiger partial charge on any atom is 0.326 e. The number of hydrogen-bond donors (Lipinski definition) is 6. The van der Waals surface area contributed by atoms with Gasteiger partial charge in [0.25, 0.3) is 0 Å². The maximum absolute atomic E-state index is 13.4. The summed E-state index contributed by atoms with van der Waals surface area (Å²) in [5.41, 5.74) is 7.38. The van der Waals surface area contributed by atoms with Crippen molar-refractivity contribution in [3.8, 4) is 5.75 Å². The van der Waals surface area contributed by atoms with Crippen LogP contribution in [0, 0.1) is 5.92 Å². The Morgan fingerprint density at radius 2 is 1.32 bits per heavy atom. The van der Waals surface area contributed by atoms with Gasteiger partial charge in [-0.25, -0.2) is 4.79 Å². The van der Waals surface area contributed by atoms with Gasteiger partial charge >= 0.3 is 5.97 Å². The number of aromatic hydroxyl groups is 1. The molecule has 0 spiro atoms. The molecule has 0 bridgehead atoms. The molecule has 0 saturated heterocycles. The van der Waals surface area contributed by atoms with Crippen molar-refractivity contribution in [3.63, 3.8) is 0 Å². The van der Waals surface area contributed by atoms with E-state index in [1.807, 2.05) is 26.2 Å². The first-order valence-corrected chi connectivity index (χ1v) is 14.6. The summed E-state index contributed by atoms with van der Waals surface area (Å²) in [6.45, 7) is 3.89. The van der Waals surface area contributed by atoms with Crippen LogP contribution in [0.1, 0.15) is 37.8 Å². The van der Waals surface area contributed by atoms with Crippen LogP contribution in [0.15, 0.2) is 54.6 Å². The molecule has 4 atom stereocenters. The second-order valence-corrected chi connectivity index (χ2v) is 11.1. The fourth-order valence-electron chi connectivity index (χ4n) is 4.07. The van der Waals surface area contributed by atoms with Crippen LogP contribution in [0.5, 0.6) is 5.75 Å². The molecule has 0 fully saturated rings. The van der Waals surface area contributed by atoms with Crippen molar-refractivity contribution < 1.29 is 29.4 Å². The van der Waals surface area contributed by atoms with Crippen molar-refractivity contribution in [2.24, 2.45) is 11.7 Å². The second kappa shape index (κ2) is 16.5. The number of hydrogen-bond acceptors (Lipinski definition) is 7. The number of nitrogens with one attached hydrogen (secondary N) is 3. The van der Waals surface area contributed by atoms with Crippen LogP contribution in [0.4, 0.5) is 0 Å². The molecule has 218 valence electrons. The van der Waals surface area contributed by atoms with Crippen LogP contribution in [0.25, 0.3) is 0 Å². The molecular formula is C29H40N4O6S. The first-order valence-electron chi connectivity index (χ1n) is 13.2. The lowest BCUT2D eigenvalue weighted by atomic mass is 10.0. The number of thioether (sulfide) groups is 1. The van der Waals surface area contributed by atoms with E-state index in [2.05, 4.69) is 16.0 Å². The van der Waals surface area contributed by atoms with Crippen molar-refractivity contribution in [3.05, 3.63) is 65.7 Å². The van der Waals surface area contributed by atoms with E-state index in [-0.39, 0.29) is 24.5 Å². The van der Waals surface area contributed by atoms with Crippen LogP contribution in [0.3, 0.4) is 0 Å². The Hall–Kier alpha value is -3.57. The molecule has 11 heteroatoms. The zero-order valence-electron chi connectivity index (χ0n) is 23.1. The van der Waals surface area contributed by atoms with E-state index in [0.717, 1.165) is 5.56 Å². The first-order chi connectivity index (χ1) is 19.0. The third kappa shape index (κ3) is 11.3. The quantitative estimate of drug-likeness (QED) is 0.177. The van der Waals surface area contributed by atoms with Crippen LogP contribution in [-0.4, -0.2) is 70.1 Å². The highest BCUT2D eigenvalue weighted by Gasteiger charge is 2.30. The molecule has 0 aliphatic heterocycles. The van der Waals surface area contributed by atoms with Gasteiger partial charge in [-0.2, -0.15) is 11.8 Å². The number of aliphatic carboxylic acids is 1. The van der Waals surface area contributed by atoms with E-state index in [1.54, 1.807) is 36.4 Å². The van der Waals surface area contributed by atoms with E-state index in [4.69, 9.17) is 5.73 Å². The lowest BCUT2D eigenvalue weighted by Gasteiger charge is -2.25. The molecule has 0 aromatic heterocycles. The van der Waals surface area contributed by atoms with Crippen molar-refractivity contribution in [1.82, 2.24) is 16.0 Å². The smallest absolute Gasteiger partial charge is 0.326 e. The van der Waals surface area contributed by atoms with Gasteiger partial charge in [0.1, 0.15) is 23.9 Å². The SMILES string of the molecule is CSCCC(NC(=O)C(N)CC(C)C)C(=O)NC(Cc1ccc(O)cc1)C(=O)NC(Cc1ccccc1)C(=O)O. The Labute approximate surface area is 239 Å². The molecule has 2 aromatic carbocycles. The number of rotatable bonds is 16.